The molecular weight excluding hydrogens is 176 g/mol. The first-order valence-corrected chi connectivity index (χ1v) is 4.46. The van der Waals surface area contributed by atoms with E-state index in [0.29, 0.717) is 18.5 Å². The molecule has 3 nitrogen and oxygen atoms in total. The normalized spacial score (nSPS) is 9.14. The van der Waals surface area contributed by atoms with Crippen molar-refractivity contribution in [3.63, 3.8) is 0 Å². The molecule has 0 aromatic heterocycles. The van der Waals surface area contributed by atoms with Crippen molar-refractivity contribution < 1.29 is 4.79 Å². The van der Waals surface area contributed by atoms with Crippen LogP contribution in [0.15, 0.2) is 24.3 Å². The molecule has 3 heteroatoms. The molecule has 0 saturated carbocycles. The van der Waals surface area contributed by atoms with E-state index < -0.39 is 0 Å². The smallest absolute Gasteiger partial charge is 0.161 e. The van der Waals surface area contributed by atoms with Gasteiger partial charge in [0, 0.05) is 17.8 Å². The van der Waals surface area contributed by atoms with Crippen LogP contribution in [0.5, 0.6) is 0 Å². The highest BCUT2D eigenvalue weighted by atomic mass is 16.1. The largest absolute Gasteiger partial charge is 0.383 e. The highest BCUT2D eigenvalue weighted by Gasteiger charge is 2.04. The number of nitrogens with one attached hydrogen (secondary N) is 1. The van der Waals surface area contributed by atoms with Crippen molar-refractivity contribution in [2.24, 2.45) is 0 Å². The number of hydrogen-bond donors (Lipinski definition) is 1. The van der Waals surface area contributed by atoms with E-state index in [-0.39, 0.29) is 5.78 Å². The van der Waals surface area contributed by atoms with E-state index in [2.05, 4.69) is 5.32 Å². The van der Waals surface area contributed by atoms with Crippen LogP contribution in [0, 0.1) is 11.3 Å². The van der Waals surface area contributed by atoms with Crippen molar-refractivity contribution in [1.82, 2.24) is 0 Å². The predicted molar refractivity (Wildman–Crippen MR) is 55.2 cm³/mol. The van der Waals surface area contributed by atoms with Gasteiger partial charge in [0.15, 0.2) is 5.78 Å². The van der Waals surface area contributed by atoms with Gasteiger partial charge in [-0.2, -0.15) is 5.26 Å². The Morgan fingerprint density at radius 1 is 1.50 bits per heavy atom. The molecule has 0 aliphatic heterocycles. The molecule has 0 atom stereocenters. The van der Waals surface area contributed by atoms with Crippen LogP contribution in [-0.4, -0.2) is 12.3 Å². The summed E-state index contributed by atoms with van der Waals surface area (Å²) in [6, 6.07) is 9.34. The molecule has 1 aromatic carbocycles. The van der Waals surface area contributed by atoms with Crippen molar-refractivity contribution in [2.75, 3.05) is 11.9 Å². The zero-order valence-electron chi connectivity index (χ0n) is 8.08. The number of carbonyl (C=O) groups excluding carboxylic acids is 1. The molecular formula is C11H12N2O. The third-order valence-electron chi connectivity index (χ3n) is 1.86. The Bertz CT molecular complexity index is 366. The number of anilines is 1. The number of carbonyl (C=O) groups is 1. The maximum atomic E-state index is 11.2. The molecule has 1 rings (SSSR count). The third kappa shape index (κ3) is 2.60. The van der Waals surface area contributed by atoms with E-state index in [1.807, 2.05) is 24.3 Å². The van der Waals surface area contributed by atoms with Gasteiger partial charge < -0.3 is 5.32 Å². The van der Waals surface area contributed by atoms with Gasteiger partial charge in [-0.15, -0.1) is 0 Å². The Labute approximate surface area is 83.4 Å². The van der Waals surface area contributed by atoms with Gasteiger partial charge in [0.05, 0.1) is 12.5 Å². The highest BCUT2D eigenvalue weighted by Crippen LogP contribution is 2.14. The monoisotopic (exact) mass is 188 g/mol. The van der Waals surface area contributed by atoms with Crippen LogP contribution in [0.4, 0.5) is 5.69 Å². The maximum absolute atomic E-state index is 11.2. The standard InChI is InChI=1S/C11H12N2O/c1-9(14)10-5-2-3-6-11(10)13-8-4-7-12/h2-3,5-6,13H,4,8H2,1H3. The Balaban J connectivity index is 2.75. The zero-order chi connectivity index (χ0) is 10.4. The van der Waals surface area contributed by atoms with Gasteiger partial charge in [0.2, 0.25) is 0 Å². The minimum absolute atomic E-state index is 0.0325. The number of nitrogens with zero attached hydrogens (tertiary/aromatic N) is 1. The fraction of sp³-hybridized carbons (Fsp3) is 0.273. The molecule has 0 spiro atoms. The van der Waals surface area contributed by atoms with Gasteiger partial charge in [0.1, 0.15) is 0 Å². The molecule has 0 unspecified atom stereocenters. The number of rotatable bonds is 4. The number of nitriles is 1. The summed E-state index contributed by atoms with van der Waals surface area (Å²) in [5.41, 5.74) is 1.47. The first-order valence-electron chi connectivity index (χ1n) is 4.46. The van der Waals surface area contributed by atoms with Crippen molar-refractivity contribution in [3.05, 3.63) is 29.8 Å². The average molecular weight is 188 g/mol. The quantitative estimate of drug-likeness (QED) is 0.582. The molecule has 0 saturated heterocycles. The van der Waals surface area contributed by atoms with E-state index in [0.717, 1.165) is 5.69 Å². The maximum Gasteiger partial charge on any atom is 0.161 e. The summed E-state index contributed by atoms with van der Waals surface area (Å²) in [5.74, 6) is 0.0325. The summed E-state index contributed by atoms with van der Waals surface area (Å²) in [7, 11) is 0. The van der Waals surface area contributed by atoms with Crippen LogP contribution >= 0.6 is 0 Å². The summed E-state index contributed by atoms with van der Waals surface area (Å²) >= 11 is 0. The summed E-state index contributed by atoms with van der Waals surface area (Å²) in [6.45, 7) is 2.10. The van der Waals surface area contributed by atoms with E-state index in [4.69, 9.17) is 5.26 Å². The summed E-state index contributed by atoms with van der Waals surface area (Å²) in [5, 5.41) is 11.4. The molecule has 0 aliphatic carbocycles. The molecule has 0 heterocycles. The number of Topliss-reactive ketones (excluding diaryl/α,β-unsaturated/α-hetero) is 1. The first kappa shape index (κ1) is 10.3. The molecule has 14 heavy (non-hydrogen) atoms. The fourth-order valence-corrected chi connectivity index (χ4v) is 1.20. The SMILES string of the molecule is CC(=O)c1ccccc1NCCC#N. The molecule has 1 aromatic rings. The Hall–Kier alpha value is -1.82. The van der Waals surface area contributed by atoms with Crippen LogP contribution < -0.4 is 5.32 Å². The minimum atomic E-state index is 0.0325. The van der Waals surface area contributed by atoms with Gasteiger partial charge in [-0.3, -0.25) is 4.79 Å². The van der Waals surface area contributed by atoms with Crippen molar-refractivity contribution in [3.8, 4) is 6.07 Å². The number of ketones is 1. The van der Waals surface area contributed by atoms with Crippen molar-refractivity contribution in [1.29, 1.82) is 5.26 Å². The number of hydrogen-bond acceptors (Lipinski definition) is 3. The van der Waals surface area contributed by atoms with Crippen LogP contribution in [0.25, 0.3) is 0 Å². The lowest BCUT2D eigenvalue weighted by Crippen LogP contribution is -2.05. The van der Waals surface area contributed by atoms with E-state index in [1.165, 1.54) is 6.92 Å². The van der Waals surface area contributed by atoms with Crippen molar-refractivity contribution in [2.45, 2.75) is 13.3 Å². The minimum Gasteiger partial charge on any atom is -0.383 e. The highest BCUT2D eigenvalue weighted by molar-refractivity contribution is 5.99. The second-order valence-corrected chi connectivity index (χ2v) is 2.94. The van der Waals surface area contributed by atoms with E-state index in [1.54, 1.807) is 6.07 Å². The molecule has 0 fully saturated rings. The number of para-hydroxylation sites is 1. The van der Waals surface area contributed by atoms with Gasteiger partial charge in [-0.25, -0.2) is 0 Å². The van der Waals surface area contributed by atoms with E-state index >= 15 is 0 Å². The summed E-state index contributed by atoms with van der Waals surface area (Å²) in [4.78, 5) is 11.2. The van der Waals surface area contributed by atoms with Gasteiger partial charge in [0.25, 0.3) is 0 Å². The fourth-order valence-electron chi connectivity index (χ4n) is 1.20. The third-order valence-corrected chi connectivity index (χ3v) is 1.86. The Kier molecular flexibility index (Phi) is 3.69. The van der Waals surface area contributed by atoms with Gasteiger partial charge in [-0.1, -0.05) is 12.1 Å². The van der Waals surface area contributed by atoms with Crippen LogP contribution in [-0.2, 0) is 0 Å². The predicted octanol–water partition coefficient (Wildman–Crippen LogP) is 2.21. The topological polar surface area (TPSA) is 52.9 Å². The lowest BCUT2D eigenvalue weighted by atomic mass is 10.1. The van der Waals surface area contributed by atoms with Gasteiger partial charge >= 0.3 is 0 Å². The van der Waals surface area contributed by atoms with Crippen LogP contribution in [0.1, 0.15) is 23.7 Å². The molecule has 0 aliphatic rings. The second-order valence-electron chi connectivity index (χ2n) is 2.94. The van der Waals surface area contributed by atoms with Crippen LogP contribution in [0.2, 0.25) is 0 Å². The molecule has 0 amide bonds. The van der Waals surface area contributed by atoms with Gasteiger partial charge in [-0.05, 0) is 19.1 Å². The lowest BCUT2D eigenvalue weighted by Gasteiger charge is -2.07. The molecule has 0 radical (unpaired) electrons. The molecule has 1 N–H and O–H groups in total. The van der Waals surface area contributed by atoms with Crippen molar-refractivity contribution >= 4 is 11.5 Å². The second kappa shape index (κ2) is 5.03. The summed E-state index contributed by atoms with van der Waals surface area (Å²) in [6.07, 6.45) is 0.437. The Morgan fingerprint density at radius 2 is 2.21 bits per heavy atom. The van der Waals surface area contributed by atoms with E-state index in [9.17, 15) is 4.79 Å². The molecule has 0 bridgehead atoms. The number of benzene rings is 1. The Morgan fingerprint density at radius 3 is 2.86 bits per heavy atom. The first-order chi connectivity index (χ1) is 6.75. The zero-order valence-corrected chi connectivity index (χ0v) is 8.08. The average Bonchev–Trinajstić information content (AvgIpc) is 2.19. The lowest BCUT2D eigenvalue weighted by molar-refractivity contribution is 0.101. The van der Waals surface area contributed by atoms with Crippen LogP contribution in [0.3, 0.4) is 0 Å². The summed E-state index contributed by atoms with van der Waals surface area (Å²) < 4.78 is 0. The molecule has 72 valence electrons.